The number of rotatable bonds is 0. The van der Waals surface area contributed by atoms with Crippen molar-refractivity contribution in [2.24, 2.45) is 5.73 Å². The van der Waals surface area contributed by atoms with Gasteiger partial charge in [0, 0.05) is 0 Å². The van der Waals surface area contributed by atoms with Crippen molar-refractivity contribution in [2.75, 3.05) is 7.05 Å². The second-order valence-corrected chi connectivity index (χ2v) is 0. The van der Waals surface area contributed by atoms with Crippen molar-refractivity contribution in [1.82, 2.24) is 0 Å². The molecule has 4 heavy (non-hydrogen) atoms. The highest BCUT2D eigenvalue weighted by Crippen LogP contribution is 0.886. The van der Waals surface area contributed by atoms with Gasteiger partial charge in [0.25, 0.3) is 0 Å². The largest absolute Gasteiger partial charge is 0.333 e. The number of halogens is 2. The molecule has 3 heteroatoms. The highest BCUT2D eigenvalue weighted by atomic mass is 127. The van der Waals surface area contributed by atoms with Gasteiger partial charge in [-0.05, 0) is 7.05 Å². The lowest BCUT2D eigenvalue weighted by Crippen LogP contribution is -1.69. The van der Waals surface area contributed by atoms with Gasteiger partial charge < -0.3 is 5.73 Å². The van der Waals surface area contributed by atoms with E-state index in [9.17, 15) is 0 Å². The number of hydrogen-bond donors (Lipinski definition) is 1. The highest BCUT2D eigenvalue weighted by molar-refractivity contribution is 14.0. The van der Waals surface area contributed by atoms with E-state index in [1.165, 1.54) is 7.05 Å². The van der Waals surface area contributed by atoms with Gasteiger partial charge in [-0.2, -0.15) is 0 Å². The monoisotopic (exact) mass is 195 g/mol. The van der Waals surface area contributed by atoms with E-state index in [0.29, 0.717) is 0 Å². The molecule has 0 aromatic carbocycles. The molecule has 0 aliphatic carbocycles. The fraction of sp³-hybridized carbons (Fsp3) is 1.00. The van der Waals surface area contributed by atoms with E-state index >= 15 is 0 Å². The average molecular weight is 195 g/mol. The van der Waals surface area contributed by atoms with E-state index < -0.39 is 0 Å². The van der Waals surface area contributed by atoms with Gasteiger partial charge in [-0.1, -0.05) is 0 Å². The molecule has 0 unspecified atom stereocenters. The van der Waals surface area contributed by atoms with Crippen LogP contribution in [0, 0.1) is 0 Å². The lowest BCUT2D eigenvalue weighted by molar-refractivity contribution is 1.48. The van der Waals surface area contributed by atoms with E-state index in [4.69, 9.17) is 0 Å². The second-order valence-electron chi connectivity index (χ2n) is 0. The van der Waals surface area contributed by atoms with E-state index in [1.807, 2.05) is 0 Å². The van der Waals surface area contributed by atoms with Gasteiger partial charge in [-0.15, -0.1) is 36.4 Å². The Morgan fingerprint density at radius 2 is 1.25 bits per heavy atom. The zero-order valence-corrected chi connectivity index (χ0v) is 5.54. The standard InChI is InChI=1S/CH5N.ClH.HI/c1-2;;/h2H2,1H3;2*1H. The van der Waals surface area contributed by atoms with Crippen LogP contribution in [0.3, 0.4) is 0 Å². The lowest BCUT2D eigenvalue weighted by atomic mass is 11.6. The summed E-state index contributed by atoms with van der Waals surface area (Å²) in [5.41, 5.74) is 4.50. The summed E-state index contributed by atoms with van der Waals surface area (Å²) in [4.78, 5) is 0. The maximum absolute atomic E-state index is 4.50. The van der Waals surface area contributed by atoms with Crippen LogP contribution in [0.25, 0.3) is 0 Å². The summed E-state index contributed by atoms with van der Waals surface area (Å²) in [7, 11) is 1.50. The minimum absolute atomic E-state index is 0. The Hall–Kier alpha value is 0.980. The molecule has 0 bridgehead atoms. The van der Waals surface area contributed by atoms with Crippen molar-refractivity contribution < 1.29 is 0 Å². The first-order chi connectivity index (χ1) is 1.00. The zero-order chi connectivity index (χ0) is 2.00. The van der Waals surface area contributed by atoms with E-state index in [1.54, 1.807) is 0 Å². The third kappa shape index (κ3) is 12.2. The molecule has 2 N–H and O–H groups in total. The van der Waals surface area contributed by atoms with Crippen molar-refractivity contribution in [2.45, 2.75) is 0 Å². The predicted octanol–water partition coefficient (Wildman–Crippen LogP) is 0.615. The first-order valence-corrected chi connectivity index (χ1v) is 0.577. The summed E-state index contributed by atoms with van der Waals surface area (Å²) < 4.78 is 0. The molecule has 0 rings (SSSR count). The Morgan fingerprint density at radius 1 is 1.25 bits per heavy atom. The van der Waals surface area contributed by atoms with Crippen LogP contribution in [0.5, 0.6) is 0 Å². The molecule has 0 aliphatic heterocycles. The van der Waals surface area contributed by atoms with Crippen molar-refractivity contribution in [3.63, 3.8) is 0 Å². The van der Waals surface area contributed by atoms with Crippen LogP contribution in [0.2, 0.25) is 0 Å². The maximum Gasteiger partial charge on any atom is -0.0195 e. The Bertz CT molecular complexity index is 8.00. The van der Waals surface area contributed by atoms with Crippen LogP contribution in [-0.4, -0.2) is 7.05 Å². The van der Waals surface area contributed by atoms with Gasteiger partial charge in [0.05, 0.1) is 0 Å². The van der Waals surface area contributed by atoms with Gasteiger partial charge in [-0.3, -0.25) is 0 Å². The molecule has 30 valence electrons. The summed E-state index contributed by atoms with van der Waals surface area (Å²) in [5, 5.41) is 0. The molecule has 0 aromatic rings. The second kappa shape index (κ2) is 36.8. The molecular weight excluding hydrogens is 188 g/mol. The normalized spacial score (nSPS) is 1.50. The van der Waals surface area contributed by atoms with Crippen LogP contribution in [0.1, 0.15) is 0 Å². The topological polar surface area (TPSA) is 26.0 Å². The summed E-state index contributed by atoms with van der Waals surface area (Å²) in [5.74, 6) is 0. The summed E-state index contributed by atoms with van der Waals surface area (Å²) >= 11 is 0. The molecular formula is CH7ClIN. The van der Waals surface area contributed by atoms with Gasteiger partial charge in [0.2, 0.25) is 0 Å². The lowest BCUT2D eigenvalue weighted by Gasteiger charge is -1.19. The Morgan fingerprint density at radius 3 is 1.25 bits per heavy atom. The Kier molecular flexibility index (Phi) is 185. The third-order valence-electron chi connectivity index (χ3n) is 0. The zero-order valence-electron chi connectivity index (χ0n) is 2.39. The average Bonchev–Trinajstić information content (AvgIpc) is 1.00. The summed E-state index contributed by atoms with van der Waals surface area (Å²) in [6.07, 6.45) is 0. The molecule has 0 atom stereocenters. The molecule has 0 radical (unpaired) electrons. The van der Waals surface area contributed by atoms with Gasteiger partial charge in [0.1, 0.15) is 0 Å². The molecule has 0 spiro atoms. The predicted molar refractivity (Wildman–Crippen MR) is 32.8 cm³/mol. The summed E-state index contributed by atoms with van der Waals surface area (Å²) in [6.45, 7) is 0. The smallest absolute Gasteiger partial charge is 0.0195 e. The molecule has 0 aromatic heterocycles. The molecule has 0 aliphatic rings. The van der Waals surface area contributed by atoms with E-state index in [2.05, 4.69) is 5.73 Å². The molecule has 0 fully saturated rings. The van der Waals surface area contributed by atoms with Crippen LogP contribution in [-0.2, 0) is 0 Å². The van der Waals surface area contributed by atoms with E-state index in [-0.39, 0.29) is 36.4 Å². The van der Waals surface area contributed by atoms with Gasteiger partial charge >= 0.3 is 0 Å². The maximum atomic E-state index is 4.50. The van der Waals surface area contributed by atoms with Crippen LogP contribution in [0.4, 0.5) is 0 Å². The molecule has 0 saturated carbocycles. The van der Waals surface area contributed by atoms with Crippen LogP contribution < -0.4 is 5.73 Å². The quantitative estimate of drug-likeness (QED) is 0.563. The van der Waals surface area contributed by atoms with Crippen LogP contribution >= 0.6 is 36.4 Å². The minimum Gasteiger partial charge on any atom is -0.333 e. The number of nitrogens with two attached hydrogens (primary N) is 1. The van der Waals surface area contributed by atoms with Crippen molar-refractivity contribution in [3.8, 4) is 0 Å². The van der Waals surface area contributed by atoms with Gasteiger partial charge in [-0.25, -0.2) is 0 Å². The fourth-order valence-electron chi connectivity index (χ4n) is 0. The first kappa shape index (κ1) is 20.1. The first-order valence-electron chi connectivity index (χ1n) is 0.577. The SMILES string of the molecule is CN.Cl.I. The summed E-state index contributed by atoms with van der Waals surface area (Å²) in [6, 6.07) is 0. The van der Waals surface area contributed by atoms with E-state index in [0.717, 1.165) is 0 Å². The highest BCUT2D eigenvalue weighted by Gasteiger charge is 0.836. The minimum atomic E-state index is 0. The third-order valence-corrected chi connectivity index (χ3v) is 0. The molecule has 0 heterocycles. The van der Waals surface area contributed by atoms with Crippen LogP contribution in [0.15, 0.2) is 0 Å². The molecule has 0 saturated heterocycles. The molecule has 0 amide bonds. The fourth-order valence-corrected chi connectivity index (χ4v) is 0. The van der Waals surface area contributed by atoms with Crippen molar-refractivity contribution >= 4 is 36.4 Å². The van der Waals surface area contributed by atoms with Gasteiger partial charge in [0.15, 0.2) is 0 Å². The Labute approximate surface area is 49.4 Å². The Balaban J connectivity index is -0.00000000500. The molecule has 1 nitrogen and oxygen atoms in total. The van der Waals surface area contributed by atoms with Crippen molar-refractivity contribution in [1.29, 1.82) is 0 Å². The van der Waals surface area contributed by atoms with Crippen molar-refractivity contribution in [3.05, 3.63) is 0 Å². The number of hydrogen-bond acceptors (Lipinski definition) is 1.